The van der Waals surface area contributed by atoms with Gasteiger partial charge in [0, 0.05) is 16.3 Å². The van der Waals surface area contributed by atoms with Gasteiger partial charge in [-0.25, -0.2) is 0 Å². The van der Waals surface area contributed by atoms with Gasteiger partial charge in [-0.05, 0) is 46.0 Å². The van der Waals surface area contributed by atoms with Crippen LogP contribution >= 0.6 is 0 Å². The first-order valence-corrected chi connectivity index (χ1v) is 11.3. The van der Waals surface area contributed by atoms with E-state index in [1.54, 1.807) is 0 Å². The average molecular weight is 438 g/mol. The Morgan fingerprint density at radius 1 is 0.697 bits per heavy atom. The highest BCUT2D eigenvalue weighted by Gasteiger charge is 2.24. The van der Waals surface area contributed by atoms with E-state index < -0.39 is 0 Å². The van der Waals surface area contributed by atoms with E-state index in [-0.39, 0.29) is 12.2 Å². The summed E-state index contributed by atoms with van der Waals surface area (Å²) in [4.78, 5) is 0. The van der Waals surface area contributed by atoms with Gasteiger partial charge in [-0.3, -0.25) is 0 Å². The lowest BCUT2D eigenvalue weighted by Crippen LogP contribution is -2.03. The maximum atomic E-state index is 6.18. The number of ether oxygens (including phenoxy) is 4. The summed E-state index contributed by atoms with van der Waals surface area (Å²) in [5, 5.41) is 5.67. The Morgan fingerprint density at radius 2 is 1.33 bits per heavy atom. The highest BCUT2D eigenvalue weighted by atomic mass is 16.6. The normalized spacial score (nSPS) is 19.3. The standard InChI is InChI=1S/C28H22O5/c1-2-4-24-22(3-1)23-10-9-19(30-13-21-15-32-21)11-25(23)27-26(16-33-28(24)27)17-5-7-18(8-6-17)29-12-20-14-31-20/h1-11,16,20-21H,12-15H2. The summed E-state index contributed by atoms with van der Waals surface area (Å²) in [6, 6.07) is 22.9. The van der Waals surface area contributed by atoms with Crippen molar-refractivity contribution in [3.05, 3.63) is 73.0 Å². The Hall–Kier alpha value is -3.54. The number of rotatable bonds is 7. The van der Waals surface area contributed by atoms with Gasteiger partial charge in [-0.15, -0.1) is 0 Å². The number of epoxide rings is 2. The molecule has 0 aliphatic carbocycles. The van der Waals surface area contributed by atoms with E-state index in [9.17, 15) is 0 Å². The zero-order chi connectivity index (χ0) is 21.8. The molecule has 1 aromatic heterocycles. The molecule has 7 rings (SSSR count). The van der Waals surface area contributed by atoms with Crippen LogP contribution in [0.5, 0.6) is 11.5 Å². The highest BCUT2D eigenvalue weighted by molar-refractivity contribution is 6.27. The summed E-state index contributed by atoms with van der Waals surface area (Å²) in [6.45, 7) is 2.74. The Balaban J connectivity index is 1.37. The lowest BCUT2D eigenvalue weighted by atomic mass is 9.94. The minimum absolute atomic E-state index is 0.217. The van der Waals surface area contributed by atoms with Crippen LogP contribution in [0.25, 0.3) is 43.6 Å². The third kappa shape index (κ3) is 3.50. The van der Waals surface area contributed by atoms with Crippen LogP contribution in [-0.4, -0.2) is 38.6 Å². The van der Waals surface area contributed by atoms with Gasteiger partial charge in [0.2, 0.25) is 0 Å². The minimum atomic E-state index is 0.217. The summed E-state index contributed by atoms with van der Waals surface area (Å²) in [5.41, 5.74) is 3.03. The molecule has 0 amide bonds. The Bertz CT molecular complexity index is 1480. The molecule has 0 spiro atoms. The fourth-order valence-electron chi connectivity index (χ4n) is 4.44. The molecule has 5 heteroatoms. The molecular weight excluding hydrogens is 416 g/mol. The van der Waals surface area contributed by atoms with E-state index in [1.165, 1.54) is 10.8 Å². The third-order valence-corrected chi connectivity index (χ3v) is 6.36. The van der Waals surface area contributed by atoms with E-state index in [4.69, 9.17) is 23.4 Å². The van der Waals surface area contributed by atoms with Crippen molar-refractivity contribution in [3.8, 4) is 22.6 Å². The predicted octanol–water partition coefficient (Wildman–Crippen LogP) is 5.96. The van der Waals surface area contributed by atoms with Crippen LogP contribution in [0.1, 0.15) is 0 Å². The molecular formula is C28H22O5. The van der Waals surface area contributed by atoms with E-state index in [0.717, 1.165) is 57.6 Å². The van der Waals surface area contributed by atoms with Gasteiger partial charge in [0.05, 0.1) is 19.5 Å². The summed E-state index contributed by atoms with van der Waals surface area (Å²) in [6.07, 6.45) is 2.31. The van der Waals surface area contributed by atoms with Crippen molar-refractivity contribution in [1.82, 2.24) is 0 Å². The van der Waals surface area contributed by atoms with Gasteiger partial charge in [0.15, 0.2) is 0 Å². The van der Waals surface area contributed by atoms with Gasteiger partial charge < -0.3 is 23.4 Å². The number of hydrogen-bond acceptors (Lipinski definition) is 5. The quantitative estimate of drug-likeness (QED) is 0.232. The fourth-order valence-corrected chi connectivity index (χ4v) is 4.44. The minimum Gasteiger partial charge on any atom is -0.491 e. The monoisotopic (exact) mass is 438 g/mol. The third-order valence-electron chi connectivity index (χ3n) is 6.36. The van der Waals surface area contributed by atoms with Crippen molar-refractivity contribution < 1.29 is 23.4 Å². The first-order chi connectivity index (χ1) is 16.3. The van der Waals surface area contributed by atoms with Crippen LogP contribution in [0.15, 0.2) is 77.4 Å². The van der Waals surface area contributed by atoms with Crippen LogP contribution < -0.4 is 9.47 Å². The second kappa shape index (κ2) is 7.51. The number of benzene rings is 4. The van der Waals surface area contributed by atoms with Crippen molar-refractivity contribution in [3.63, 3.8) is 0 Å². The van der Waals surface area contributed by atoms with Gasteiger partial charge in [-0.1, -0.05) is 42.5 Å². The first-order valence-electron chi connectivity index (χ1n) is 11.3. The average Bonchev–Trinajstić information content (AvgIpc) is 3.80. The molecule has 2 fully saturated rings. The molecule has 0 N–H and O–H groups in total. The second-order valence-electron chi connectivity index (χ2n) is 8.66. The molecule has 5 aromatic rings. The summed E-state index contributed by atoms with van der Waals surface area (Å²) >= 11 is 0. The van der Waals surface area contributed by atoms with Crippen molar-refractivity contribution in [1.29, 1.82) is 0 Å². The van der Waals surface area contributed by atoms with Crippen LogP contribution in [0.4, 0.5) is 0 Å². The van der Waals surface area contributed by atoms with Crippen molar-refractivity contribution >= 4 is 32.5 Å². The molecule has 33 heavy (non-hydrogen) atoms. The lowest BCUT2D eigenvalue weighted by molar-refractivity contribution is 0.263. The van der Waals surface area contributed by atoms with Crippen LogP contribution in [0.2, 0.25) is 0 Å². The number of hydrogen-bond donors (Lipinski definition) is 0. The van der Waals surface area contributed by atoms with Crippen molar-refractivity contribution in [2.45, 2.75) is 12.2 Å². The molecule has 5 nitrogen and oxygen atoms in total. The second-order valence-corrected chi connectivity index (χ2v) is 8.66. The topological polar surface area (TPSA) is 56.7 Å². The van der Waals surface area contributed by atoms with Crippen LogP contribution in [0.3, 0.4) is 0 Å². The summed E-state index contributed by atoms with van der Waals surface area (Å²) in [5.74, 6) is 1.68. The van der Waals surface area contributed by atoms with Crippen LogP contribution in [0, 0.1) is 0 Å². The SMILES string of the molecule is c1ccc2c(c1)c1ccc(OCC3CO3)cc1c1c(-c3ccc(OCC4CO4)cc3)coc21. The first kappa shape index (κ1) is 19.0. The number of fused-ring (bicyclic) bond motifs is 6. The molecule has 4 aromatic carbocycles. The van der Waals surface area contributed by atoms with Crippen molar-refractivity contribution in [2.24, 2.45) is 0 Å². The molecule has 0 saturated carbocycles. The summed E-state index contributed by atoms with van der Waals surface area (Å²) in [7, 11) is 0. The van der Waals surface area contributed by atoms with Gasteiger partial charge in [0.25, 0.3) is 0 Å². The van der Waals surface area contributed by atoms with Gasteiger partial charge >= 0.3 is 0 Å². The predicted molar refractivity (Wildman–Crippen MR) is 127 cm³/mol. The van der Waals surface area contributed by atoms with E-state index in [0.29, 0.717) is 13.2 Å². The van der Waals surface area contributed by atoms with Gasteiger partial charge in [-0.2, -0.15) is 0 Å². The maximum Gasteiger partial charge on any atom is 0.142 e. The highest BCUT2D eigenvalue weighted by Crippen LogP contribution is 2.42. The summed E-state index contributed by atoms with van der Waals surface area (Å²) < 4.78 is 28.5. The smallest absolute Gasteiger partial charge is 0.142 e. The molecule has 2 aliphatic rings. The maximum absolute atomic E-state index is 6.18. The molecule has 0 radical (unpaired) electrons. The molecule has 0 bridgehead atoms. The zero-order valence-electron chi connectivity index (χ0n) is 18.0. The molecule has 2 aliphatic heterocycles. The number of furan rings is 1. The molecule has 2 saturated heterocycles. The van der Waals surface area contributed by atoms with E-state index >= 15 is 0 Å². The molecule has 2 atom stereocenters. The van der Waals surface area contributed by atoms with Crippen molar-refractivity contribution in [2.75, 3.05) is 26.4 Å². The van der Waals surface area contributed by atoms with Gasteiger partial charge in [0.1, 0.15) is 42.5 Å². The molecule has 3 heterocycles. The Kier molecular flexibility index (Phi) is 4.32. The Labute approximate surface area is 190 Å². The lowest BCUT2D eigenvalue weighted by Gasteiger charge is -2.11. The van der Waals surface area contributed by atoms with E-state index in [1.807, 2.05) is 24.5 Å². The zero-order valence-corrected chi connectivity index (χ0v) is 18.0. The molecule has 164 valence electrons. The Morgan fingerprint density at radius 3 is 2.06 bits per heavy atom. The van der Waals surface area contributed by atoms with E-state index in [2.05, 4.69) is 48.5 Å². The van der Waals surface area contributed by atoms with Crippen LogP contribution in [-0.2, 0) is 9.47 Å². The largest absolute Gasteiger partial charge is 0.491 e. The molecule has 2 unspecified atom stereocenters. The fraction of sp³-hybridized carbons (Fsp3) is 0.214.